The van der Waals surface area contributed by atoms with Crippen molar-refractivity contribution < 1.29 is 8.83 Å². The third kappa shape index (κ3) is 3.52. The Kier molecular flexibility index (Phi) is 4.79. The maximum Gasteiger partial charge on any atom is 0.236 e. The largest absolute Gasteiger partial charge is 0.469 e. The number of hydrogen-bond acceptors (Lipinski definition) is 7. The van der Waals surface area contributed by atoms with E-state index in [0.717, 1.165) is 38.6 Å². The Morgan fingerprint density at radius 1 is 1.03 bits per heavy atom. The molecule has 0 spiro atoms. The van der Waals surface area contributed by atoms with Gasteiger partial charge in [-0.3, -0.25) is 4.57 Å². The van der Waals surface area contributed by atoms with E-state index >= 15 is 0 Å². The van der Waals surface area contributed by atoms with Crippen LogP contribution in [0.3, 0.4) is 0 Å². The molecule has 5 rings (SSSR count). The number of para-hydroxylation sites is 1. The fourth-order valence-corrected chi connectivity index (χ4v) is 4.47. The van der Waals surface area contributed by atoms with Crippen molar-refractivity contribution in [1.82, 2.24) is 19.7 Å². The predicted molar refractivity (Wildman–Crippen MR) is 113 cm³/mol. The Bertz CT molecular complexity index is 1220. The van der Waals surface area contributed by atoms with Crippen LogP contribution in [-0.4, -0.2) is 19.7 Å². The summed E-state index contributed by atoms with van der Waals surface area (Å²) in [5, 5.41) is 11.7. The molecule has 1 aromatic carbocycles. The molecule has 0 fully saturated rings. The minimum Gasteiger partial charge on any atom is -0.469 e. The van der Waals surface area contributed by atoms with Crippen molar-refractivity contribution in [3.8, 4) is 27.8 Å². The number of nitrogens with zero attached hydrogens (tertiary/aromatic N) is 4. The summed E-state index contributed by atoms with van der Waals surface area (Å²) in [6, 6.07) is 16.0. The van der Waals surface area contributed by atoms with Crippen LogP contribution in [0.5, 0.6) is 0 Å². The minimum atomic E-state index is 0.629. The van der Waals surface area contributed by atoms with E-state index < -0.39 is 0 Å². The summed E-state index contributed by atoms with van der Waals surface area (Å²) in [6.45, 7) is 1.92. The molecule has 4 aromatic heterocycles. The first-order chi connectivity index (χ1) is 14.3. The summed E-state index contributed by atoms with van der Waals surface area (Å²) in [6.07, 6.45) is 3.37. The highest BCUT2D eigenvalue weighted by atomic mass is 32.2. The number of aromatic nitrogens is 4. The lowest BCUT2D eigenvalue weighted by atomic mass is 10.2. The van der Waals surface area contributed by atoms with E-state index in [9.17, 15) is 0 Å². The zero-order valence-corrected chi connectivity index (χ0v) is 17.1. The second-order valence-electron chi connectivity index (χ2n) is 6.28. The van der Waals surface area contributed by atoms with Gasteiger partial charge in [-0.05, 0) is 36.6 Å². The SMILES string of the molecule is Cc1occc1-c1nnc(SCc2coc(-c3cccs3)n2)n1-c1ccccc1. The molecule has 0 radical (unpaired) electrons. The maximum absolute atomic E-state index is 5.62. The monoisotopic (exact) mass is 420 g/mol. The molecule has 0 unspecified atom stereocenters. The Labute approximate surface area is 175 Å². The van der Waals surface area contributed by atoms with Gasteiger partial charge in [-0.25, -0.2) is 4.98 Å². The second-order valence-corrected chi connectivity index (χ2v) is 8.17. The van der Waals surface area contributed by atoms with Gasteiger partial charge in [0, 0.05) is 11.4 Å². The van der Waals surface area contributed by atoms with E-state index in [0.29, 0.717) is 11.6 Å². The first-order valence-electron chi connectivity index (χ1n) is 8.96. The first kappa shape index (κ1) is 18.0. The van der Waals surface area contributed by atoms with Crippen LogP contribution < -0.4 is 0 Å². The van der Waals surface area contributed by atoms with Gasteiger partial charge in [0.1, 0.15) is 12.0 Å². The zero-order valence-electron chi connectivity index (χ0n) is 15.5. The van der Waals surface area contributed by atoms with Gasteiger partial charge < -0.3 is 8.83 Å². The van der Waals surface area contributed by atoms with Crippen molar-refractivity contribution in [1.29, 1.82) is 0 Å². The normalized spacial score (nSPS) is 11.2. The number of furan rings is 1. The van der Waals surface area contributed by atoms with Crippen molar-refractivity contribution in [3.63, 3.8) is 0 Å². The highest BCUT2D eigenvalue weighted by Gasteiger charge is 2.19. The number of aryl methyl sites for hydroxylation is 1. The van der Waals surface area contributed by atoms with E-state index in [-0.39, 0.29) is 0 Å². The van der Waals surface area contributed by atoms with Gasteiger partial charge in [-0.2, -0.15) is 0 Å². The Morgan fingerprint density at radius 2 is 1.93 bits per heavy atom. The third-order valence-corrected chi connectivity index (χ3v) is 6.20. The summed E-state index contributed by atoms with van der Waals surface area (Å²) in [4.78, 5) is 5.61. The minimum absolute atomic E-state index is 0.629. The van der Waals surface area contributed by atoms with Crippen LogP contribution in [0.2, 0.25) is 0 Å². The molecule has 0 atom stereocenters. The lowest BCUT2D eigenvalue weighted by molar-refractivity contribution is 0.535. The average molecular weight is 421 g/mol. The lowest BCUT2D eigenvalue weighted by Crippen LogP contribution is -1.99. The molecule has 144 valence electrons. The molecule has 0 amide bonds. The molecule has 0 aliphatic rings. The zero-order chi connectivity index (χ0) is 19.6. The lowest BCUT2D eigenvalue weighted by Gasteiger charge is -2.09. The highest BCUT2D eigenvalue weighted by molar-refractivity contribution is 7.98. The Morgan fingerprint density at radius 3 is 2.69 bits per heavy atom. The van der Waals surface area contributed by atoms with Crippen molar-refractivity contribution in [3.05, 3.63) is 77.9 Å². The van der Waals surface area contributed by atoms with Crippen LogP contribution in [0.1, 0.15) is 11.5 Å². The molecule has 5 aromatic rings. The first-order valence-corrected chi connectivity index (χ1v) is 10.8. The molecule has 0 aliphatic carbocycles. The number of thiophene rings is 1. The smallest absolute Gasteiger partial charge is 0.236 e. The van der Waals surface area contributed by atoms with Crippen molar-refractivity contribution >= 4 is 23.1 Å². The molecule has 0 saturated carbocycles. The molecule has 4 heterocycles. The van der Waals surface area contributed by atoms with Crippen molar-refractivity contribution in [2.45, 2.75) is 17.8 Å². The number of rotatable bonds is 6. The fourth-order valence-electron chi connectivity index (χ4n) is 2.99. The van der Waals surface area contributed by atoms with Gasteiger partial charge in [-0.1, -0.05) is 36.0 Å². The number of thioether (sulfide) groups is 1. The summed E-state index contributed by atoms with van der Waals surface area (Å²) in [5.74, 6) is 2.84. The topological polar surface area (TPSA) is 69.9 Å². The van der Waals surface area contributed by atoms with Gasteiger partial charge in [0.15, 0.2) is 11.0 Å². The van der Waals surface area contributed by atoms with E-state index in [2.05, 4.69) is 15.2 Å². The van der Waals surface area contributed by atoms with Crippen LogP contribution in [0, 0.1) is 6.92 Å². The van der Waals surface area contributed by atoms with Crippen LogP contribution in [0.15, 0.2) is 80.4 Å². The van der Waals surface area contributed by atoms with E-state index in [1.807, 2.05) is 65.4 Å². The van der Waals surface area contributed by atoms with Crippen LogP contribution in [0.25, 0.3) is 27.8 Å². The standard InChI is InChI=1S/C21H16N4O2S2/c1-14-17(9-10-26-14)19-23-24-21(25(19)16-6-3-2-4-7-16)29-13-15-12-27-20(22-15)18-8-5-11-28-18/h2-12H,13H2,1H3. The average Bonchev–Trinajstić information content (AvgIpc) is 3.52. The maximum atomic E-state index is 5.62. The number of hydrogen-bond donors (Lipinski definition) is 0. The van der Waals surface area contributed by atoms with Gasteiger partial charge in [0.2, 0.25) is 5.89 Å². The Hall–Kier alpha value is -3.10. The van der Waals surface area contributed by atoms with E-state index in [4.69, 9.17) is 8.83 Å². The van der Waals surface area contributed by atoms with Crippen LogP contribution >= 0.6 is 23.1 Å². The molecular weight excluding hydrogens is 404 g/mol. The van der Waals surface area contributed by atoms with Gasteiger partial charge >= 0.3 is 0 Å². The molecule has 0 aliphatic heterocycles. The fraction of sp³-hybridized carbons (Fsp3) is 0.0952. The molecule has 29 heavy (non-hydrogen) atoms. The van der Waals surface area contributed by atoms with Crippen LogP contribution in [-0.2, 0) is 5.75 Å². The molecule has 0 saturated heterocycles. The molecule has 0 N–H and O–H groups in total. The third-order valence-electron chi connectivity index (χ3n) is 4.38. The quantitative estimate of drug-likeness (QED) is 0.321. The van der Waals surface area contributed by atoms with Gasteiger partial charge in [0.05, 0.1) is 22.4 Å². The number of benzene rings is 1. The highest BCUT2D eigenvalue weighted by Crippen LogP contribution is 2.32. The predicted octanol–water partition coefficient (Wildman–Crippen LogP) is 5.84. The number of oxazole rings is 1. The summed E-state index contributed by atoms with van der Waals surface area (Å²) in [7, 11) is 0. The summed E-state index contributed by atoms with van der Waals surface area (Å²) < 4.78 is 13.1. The summed E-state index contributed by atoms with van der Waals surface area (Å²) >= 11 is 3.18. The van der Waals surface area contributed by atoms with Crippen molar-refractivity contribution in [2.24, 2.45) is 0 Å². The van der Waals surface area contributed by atoms with Gasteiger partial charge in [-0.15, -0.1) is 21.5 Å². The second kappa shape index (κ2) is 7.73. The van der Waals surface area contributed by atoms with E-state index in [1.165, 1.54) is 0 Å². The Balaban J connectivity index is 1.46. The molecular formula is C21H16N4O2S2. The summed E-state index contributed by atoms with van der Waals surface area (Å²) in [5.41, 5.74) is 2.78. The van der Waals surface area contributed by atoms with Crippen LogP contribution in [0.4, 0.5) is 0 Å². The van der Waals surface area contributed by atoms with Crippen molar-refractivity contribution in [2.75, 3.05) is 0 Å². The molecule has 8 heteroatoms. The van der Waals surface area contributed by atoms with Gasteiger partial charge in [0.25, 0.3) is 0 Å². The molecule has 0 bridgehead atoms. The van der Waals surface area contributed by atoms with E-state index in [1.54, 1.807) is 35.6 Å². The molecule has 6 nitrogen and oxygen atoms in total.